The molecule has 0 aliphatic carbocycles. The van der Waals surface area contributed by atoms with Crippen LogP contribution in [0.2, 0.25) is 0 Å². The molecule has 0 N–H and O–H groups in total. The lowest BCUT2D eigenvalue weighted by Gasteiger charge is -1.92. The molecular formula is C10H12O3. The van der Waals surface area contributed by atoms with Crippen LogP contribution in [0.3, 0.4) is 0 Å². The van der Waals surface area contributed by atoms with Crippen LogP contribution in [0.5, 0.6) is 0 Å². The number of hydrogen-bond acceptors (Lipinski definition) is 3. The van der Waals surface area contributed by atoms with E-state index in [-0.39, 0.29) is 17.8 Å². The number of hydrogen-bond donors (Lipinski definition) is 0. The minimum Gasteiger partial charge on any atom is -0.425 e. The summed E-state index contributed by atoms with van der Waals surface area (Å²) in [6.07, 6.45) is 2.41. The molecule has 1 saturated heterocycles. The Morgan fingerprint density at radius 3 is 3.00 bits per heavy atom. The van der Waals surface area contributed by atoms with Crippen molar-refractivity contribution in [1.82, 2.24) is 0 Å². The van der Waals surface area contributed by atoms with Crippen LogP contribution in [0.25, 0.3) is 0 Å². The summed E-state index contributed by atoms with van der Waals surface area (Å²) in [5.41, 5.74) is -0.303. The standard InChI is InChI=1S/C10H12O3/c1-2-4-7-10(13-7)8-5-3-6-9(11)12-8/h3,5-7,10H,2,4H2,1H3/t7-,10+/m1/s1. The summed E-state index contributed by atoms with van der Waals surface area (Å²) in [5.74, 6) is 0.658. The van der Waals surface area contributed by atoms with Crippen molar-refractivity contribution in [2.75, 3.05) is 0 Å². The summed E-state index contributed by atoms with van der Waals surface area (Å²) in [6.45, 7) is 2.11. The minimum atomic E-state index is -0.303. The molecule has 3 nitrogen and oxygen atoms in total. The molecule has 0 aromatic carbocycles. The molecule has 1 aromatic heterocycles. The molecule has 2 heterocycles. The van der Waals surface area contributed by atoms with Crippen molar-refractivity contribution in [2.45, 2.75) is 32.0 Å². The normalized spacial score (nSPS) is 25.9. The number of rotatable bonds is 3. The average molecular weight is 180 g/mol. The Kier molecular flexibility index (Phi) is 2.19. The molecule has 2 rings (SSSR count). The minimum absolute atomic E-state index is 0.0221. The zero-order valence-electron chi connectivity index (χ0n) is 7.53. The van der Waals surface area contributed by atoms with Crippen molar-refractivity contribution in [1.29, 1.82) is 0 Å². The van der Waals surface area contributed by atoms with Gasteiger partial charge in [0, 0.05) is 6.07 Å². The Morgan fingerprint density at radius 2 is 2.31 bits per heavy atom. The number of epoxide rings is 1. The van der Waals surface area contributed by atoms with Crippen LogP contribution >= 0.6 is 0 Å². The molecule has 0 spiro atoms. The highest BCUT2D eigenvalue weighted by molar-refractivity contribution is 5.09. The van der Waals surface area contributed by atoms with Crippen molar-refractivity contribution in [3.63, 3.8) is 0 Å². The maximum atomic E-state index is 10.9. The zero-order chi connectivity index (χ0) is 9.26. The summed E-state index contributed by atoms with van der Waals surface area (Å²) in [4.78, 5) is 10.9. The van der Waals surface area contributed by atoms with E-state index in [1.807, 2.05) is 0 Å². The fourth-order valence-electron chi connectivity index (χ4n) is 1.46. The van der Waals surface area contributed by atoms with Crippen LogP contribution in [0, 0.1) is 0 Å². The van der Waals surface area contributed by atoms with Crippen molar-refractivity contribution >= 4 is 0 Å². The van der Waals surface area contributed by atoms with Gasteiger partial charge in [0.1, 0.15) is 11.9 Å². The van der Waals surface area contributed by atoms with Gasteiger partial charge in [0.05, 0.1) is 6.10 Å². The Morgan fingerprint density at radius 1 is 1.46 bits per heavy atom. The molecule has 2 atom stereocenters. The van der Waals surface area contributed by atoms with E-state index in [0.29, 0.717) is 5.76 Å². The lowest BCUT2D eigenvalue weighted by Crippen LogP contribution is -1.98. The molecule has 1 fully saturated rings. The highest BCUT2D eigenvalue weighted by Crippen LogP contribution is 2.40. The second-order valence-corrected chi connectivity index (χ2v) is 3.23. The summed E-state index contributed by atoms with van der Waals surface area (Å²) < 4.78 is 10.4. The largest absolute Gasteiger partial charge is 0.425 e. The zero-order valence-corrected chi connectivity index (χ0v) is 7.53. The Bertz CT molecular complexity index is 342. The van der Waals surface area contributed by atoms with Gasteiger partial charge >= 0.3 is 5.63 Å². The van der Waals surface area contributed by atoms with Gasteiger partial charge in [-0.15, -0.1) is 0 Å². The van der Waals surface area contributed by atoms with Gasteiger partial charge in [0.15, 0.2) is 0 Å². The first-order valence-corrected chi connectivity index (χ1v) is 4.57. The SMILES string of the molecule is CCC[C@H]1O[C@@H]1c1cccc(=O)o1. The van der Waals surface area contributed by atoms with Gasteiger partial charge in [0.25, 0.3) is 0 Å². The Labute approximate surface area is 76.3 Å². The summed E-state index contributed by atoms with van der Waals surface area (Å²) in [7, 11) is 0. The van der Waals surface area contributed by atoms with Crippen LogP contribution in [-0.2, 0) is 4.74 Å². The van der Waals surface area contributed by atoms with Gasteiger partial charge in [-0.2, -0.15) is 0 Å². The molecule has 0 saturated carbocycles. The van der Waals surface area contributed by atoms with Gasteiger partial charge in [-0.25, -0.2) is 4.79 Å². The van der Waals surface area contributed by atoms with Gasteiger partial charge in [0.2, 0.25) is 0 Å². The van der Waals surface area contributed by atoms with E-state index in [1.165, 1.54) is 6.07 Å². The van der Waals surface area contributed by atoms with E-state index in [2.05, 4.69) is 6.92 Å². The first-order valence-electron chi connectivity index (χ1n) is 4.57. The van der Waals surface area contributed by atoms with E-state index < -0.39 is 0 Å². The quantitative estimate of drug-likeness (QED) is 0.667. The highest BCUT2D eigenvalue weighted by Gasteiger charge is 2.41. The van der Waals surface area contributed by atoms with E-state index >= 15 is 0 Å². The molecule has 0 unspecified atom stereocenters. The summed E-state index contributed by atoms with van der Waals surface area (Å²) >= 11 is 0. The molecule has 0 radical (unpaired) electrons. The topological polar surface area (TPSA) is 42.7 Å². The predicted molar refractivity (Wildman–Crippen MR) is 47.5 cm³/mol. The monoisotopic (exact) mass is 180 g/mol. The van der Waals surface area contributed by atoms with Crippen LogP contribution < -0.4 is 5.63 Å². The van der Waals surface area contributed by atoms with Gasteiger partial charge in [-0.1, -0.05) is 19.4 Å². The van der Waals surface area contributed by atoms with E-state index in [9.17, 15) is 4.79 Å². The molecule has 70 valence electrons. The first-order chi connectivity index (χ1) is 6.31. The smallest absolute Gasteiger partial charge is 0.335 e. The predicted octanol–water partition coefficient (Wildman–Crippen LogP) is 1.88. The maximum Gasteiger partial charge on any atom is 0.335 e. The summed E-state index contributed by atoms with van der Waals surface area (Å²) in [6, 6.07) is 4.90. The molecule has 13 heavy (non-hydrogen) atoms. The number of ether oxygens (including phenoxy) is 1. The fraction of sp³-hybridized carbons (Fsp3) is 0.500. The lowest BCUT2D eigenvalue weighted by atomic mass is 10.2. The van der Waals surface area contributed by atoms with E-state index in [1.54, 1.807) is 12.1 Å². The second-order valence-electron chi connectivity index (χ2n) is 3.23. The molecule has 0 bridgehead atoms. The second kappa shape index (κ2) is 3.34. The van der Waals surface area contributed by atoms with E-state index in [4.69, 9.17) is 9.15 Å². The average Bonchev–Trinajstić information content (AvgIpc) is 2.85. The van der Waals surface area contributed by atoms with Gasteiger partial charge in [-0.05, 0) is 12.5 Å². The lowest BCUT2D eigenvalue weighted by molar-refractivity contribution is 0.333. The highest BCUT2D eigenvalue weighted by atomic mass is 16.6. The Hall–Kier alpha value is -1.09. The third-order valence-electron chi connectivity index (χ3n) is 2.15. The first kappa shape index (κ1) is 8.51. The molecule has 0 amide bonds. The Balaban J connectivity index is 2.07. The fourth-order valence-corrected chi connectivity index (χ4v) is 1.46. The molecule has 1 aliphatic rings. The molecule has 1 aliphatic heterocycles. The third-order valence-corrected chi connectivity index (χ3v) is 2.15. The van der Waals surface area contributed by atoms with Gasteiger partial charge < -0.3 is 9.15 Å². The van der Waals surface area contributed by atoms with Crippen LogP contribution in [-0.4, -0.2) is 6.10 Å². The molecule has 3 heteroatoms. The maximum absolute atomic E-state index is 10.9. The van der Waals surface area contributed by atoms with Crippen LogP contribution in [0.1, 0.15) is 31.6 Å². The summed E-state index contributed by atoms with van der Waals surface area (Å²) in [5, 5.41) is 0. The van der Waals surface area contributed by atoms with E-state index in [0.717, 1.165) is 12.8 Å². The third kappa shape index (κ3) is 1.80. The molecule has 1 aromatic rings. The van der Waals surface area contributed by atoms with Crippen molar-refractivity contribution in [3.8, 4) is 0 Å². The van der Waals surface area contributed by atoms with Crippen LogP contribution in [0.4, 0.5) is 0 Å². The molecular weight excluding hydrogens is 168 g/mol. The van der Waals surface area contributed by atoms with Crippen molar-refractivity contribution in [2.24, 2.45) is 0 Å². The van der Waals surface area contributed by atoms with Crippen molar-refractivity contribution in [3.05, 3.63) is 34.4 Å². The van der Waals surface area contributed by atoms with Crippen molar-refractivity contribution < 1.29 is 9.15 Å². The van der Waals surface area contributed by atoms with Gasteiger partial charge in [-0.3, -0.25) is 0 Å². The van der Waals surface area contributed by atoms with Crippen LogP contribution in [0.15, 0.2) is 27.4 Å².